The third kappa shape index (κ3) is 9.81. The van der Waals surface area contributed by atoms with E-state index >= 15 is 0 Å². The maximum absolute atomic E-state index is 11.5. The molecule has 0 unspecified atom stereocenters. The first kappa shape index (κ1) is 19.0. The van der Waals surface area contributed by atoms with Gasteiger partial charge in [0.25, 0.3) is 0 Å². The summed E-state index contributed by atoms with van der Waals surface area (Å²) in [4.78, 5) is 22.3. The zero-order valence-electron chi connectivity index (χ0n) is 12.9. The van der Waals surface area contributed by atoms with E-state index in [1.807, 2.05) is 0 Å². The Morgan fingerprint density at radius 2 is 1.45 bits per heavy atom. The summed E-state index contributed by atoms with van der Waals surface area (Å²) in [6.07, 6.45) is 3.59. The number of hydrogen-bond donors (Lipinski definition) is 0. The molecule has 1 rings (SSSR count). The van der Waals surface area contributed by atoms with Crippen LogP contribution < -0.4 is 0 Å². The van der Waals surface area contributed by atoms with E-state index in [0.29, 0.717) is 32.2 Å². The van der Waals surface area contributed by atoms with Crippen LogP contribution in [0.15, 0.2) is 12.7 Å². The molecular formula is C15H25O6S+. The van der Waals surface area contributed by atoms with Gasteiger partial charge in [-0.15, -0.1) is 0 Å². The molecule has 1 fully saturated rings. The second-order valence-corrected chi connectivity index (χ2v) is 7.02. The Labute approximate surface area is 134 Å². The van der Waals surface area contributed by atoms with Gasteiger partial charge in [0.1, 0.15) is 24.7 Å². The summed E-state index contributed by atoms with van der Waals surface area (Å²) in [5.41, 5.74) is 0. The lowest BCUT2D eigenvalue weighted by atomic mass is 10.4. The fraction of sp³-hybridized carbons (Fsp3) is 0.733. The third-order valence-corrected chi connectivity index (χ3v) is 5.32. The highest BCUT2D eigenvalue weighted by molar-refractivity contribution is 7.97. The highest BCUT2D eigenvalue weighted by Gasteiger charge is 2.27. The average Bonchev–Trinajstić information content (AvgIpc) is 3.01. The molecule has 1 heterocycles. The van der Waals surface area contributed by atoms with Crippen LogP contribution in [0.1, 0.15) is 12.8 Å². The molecular weight excluding hydrogens is 308 g/mol. The van der Waals surface area contributed by atoms with Crippen molar-refractivity contribution in [2.45, 2.75) is 12.8 Å². The van der Waals surface area contributed by atoms with Crippen LogP contribution in [0.3, 0.4) is 0 Å². The van der Waals surface area contributed by atoms with E-state index in [9.17, 15) is 9.59 Å². The van der Waals surface area contributed by atoms with Gasteiger partial charge in [0.15, 0.2) is 0 Å². The van der Waals surface area contributed by atoms with Gasteiger partial charge in [0, 0.05) is 6.08 Å². The summed E-state index contributed by atoms with van der Waals surface area (Å²) in [6.45, 7) is 5.28. The molecule has 0 aromatic heterocycles. The van der Waals surface area contributed by atoms with Crippen LogP contribution in [-0.2, 0) is 39.4 Å². The molecule has 0 spiro atoms. The van der Waals surface area contributed by atoms with Gasteiger partial charge < -0.3 is 18.9 Å². The predicted octanol–water partition coefficient (Wildman–Crippen LogP) is 0.704. The molecule has 0 radical (unpaired) electrons. The molecule has 0 saturated carbocycles. The second-order valence-electron chi connectivity index (χ2n) is 4.69. The Balaban J connectivity index is 1.80. The Kier molecular flexibility index (Phi) is 10.8. The van der Waals surface area contributed by atoms with Crippen LogP contribution in [0, 0.1) is 0 Å². The number of rotatable bonds is 12. The Morgan fingerprint density at radius 3 is 2.05 bits per heavy atom. The van der Waals surface area contributed by atoms with Crippen molar-refractivity contribution in [2.75, 3.05) is 56.9 Å². The smallest absolute Gasteiger partial charge is 0.356 e. The van der Waals surface area contributed by atoms with E-state index in [0.717, 1.165) is 6.08 Å². The van der Waals surface area contributed by atoms with Crippen LogP contribution in [0.5, 0.6) is 0 Å². The van der Waals surface area contributed by atoms with Crippen molar-refractivity contribution in [3.8, 4) is 0 Å². The number of ether oxygens (including phenoxy) is 4. The number of esters is 2. The molecule has 22 heavy (non-hydrogen) atoms. The maximum atomic E-state index is 11.5. The van der Waals surface area contributed by atoms with E-state index in [4.69, 9.17) is 18.9 Å². The zero-order valence-corrected chi connectivity index (χ0v) is 13.7. The lowest BCUT2D eigenvalue weighted by Crippen LogP contribution is -2.22. The molecule has 0 aromatic rings. The van der Waals surface area contributed by atoms with E-state index < -0.39 is 5.97 Å². The van der Waals surface area contributed by atoms with Gasteiger partial charge >= 0.3 is 11.9 Å². The van der Waals surface area contributed by atoms with Crippen molar-refractivity contribution in [1.29, 1.82) is 0 Å². The maximum Gasteiger partial charge on any atom is 0.356 e. The summed E-state index contributed by atoms with van der Waals surface area (Å²) >= 11 is 0. The lowest BCUT2D eigenvalue weighted by Gasteiger charge is -2.07. The normalized spacial score (nSPS) is 14.7. The average molecular weight is 333 g/mol. The van der Waals surface area contributed by atoms with E-state index in [1.165, 1.54) is 24.3 Å². The molecule has 0 amide bonds. The Hall–Kier alpha value is -1.05. The third-order valence-electron chi connectivity index (χ3n) is 2.94. The van der Waals surface area contributed by atoms with Crippen LogP contribution in [0.2, 0.25) is 0 Å². The highest BCUT2D eigenvalue weighted by atomic mass is 32.2. The van der Waals surface area contributed by atoms with Crippen LogP contribution in [0.25, 0.3) is 0 Å². The summed E-state index contributed by atoms with van der Waals surface area (Å²) in [7, 11) is 0.247. The Bertz CT molecular complexity index is 341. The van der Waals surface area contributed by atoms with Gasteiger partial charge in [0.2, 0.25) is 5.75 Å². The summed E-state index contributed by atoms with van der Waals surface area (Å²) in [5.74, 6) is 2.33. The predicted molar refractivity (Wildman–Crippen MR) is 85.0 cm³/mol. The largest absolute Gasteiger partial charge is 0.460 e. The molecule has 1 aliphatic heterocycles. The van der Waals surface area contributed by atoms with Gasteiger partial charge in [-0.05, 0) is 23.7 Å². The second kappa shape index (κ2) is 12.5. The van der Waals surface area contributed by atoms with Crippen LogP contribution in [0.4, 0.5) is 0 Å². The Morgan fingerprint density at radius 1 is 0.909 bits per heavy atom. The van der Waals surface area contributed by atoms with E-state index in [2.05, 4.69) is 6.58 Å². The lowest BCUT2D eigenvalue weighted by molar-refractivity contribution is -0.142. The quantitative estimate of drug-likeness (QED) is 0.227. The first-order valence-corrected chi connectivity index (χ1v) is 9.20. The standard InChI is InChI=1S/C15H25O6S/c1-2-14(16)20-9-7-18-5-6-19-8-10-21-15(17)13-22-11-3-4-12-22/h2H,1,3-13H2/q+1. The highest BCUT2D eigenvalue weighted by Crippen LogP contribution is 2.13. The molecule has 7 heteroatoms. The van der Waals surface area contributed by atoms with Crippen molar-refractivity contribution >= 4 is 22.8 Å². The molecule has 1 aliphatic rings. The monoisotopic (exact) mass is 333 g/mol. The van der Waals surface area contributed by atoms with Gasteiger partial charge in [0.05, 0.1) is 26.4 Å². The minimum Gasteiger partial charge on any atom is -0.460 e. The van der Waals surface area contributed by atoms with Crippen molar-refractivity contribution in [2.24, 2.45) is 0 Å². The van der Waals surface area contributed by atoms with E-state index in [1.54, 1.807) is 0 Å². The first-order valence-electron chi connectivity index (χ1n) is 7.47. The number of carbonyl (C=O) groups excluding carboxylic acids is 2. The van der Waals surface area contributed by atoms with Crippen molar-refractivity contribution in [3.63, 3.8) is 0 Å². The topological polar surface area (TPSA) is 71.1 Å². The molecule has 6 nitrogen and oxygen atoms in total. The zero-order chi connectivity index (χ0) is 16.0. The summed E-state index contributed by atoms with van der Waals surface area (Å²) < 4.78 is 20.3. The fourth-order valence-electron chi connectivity index (χ4n) is 1.86. The molecule has 0 bridgehead atoms. The molecule has 0 aliphatic carbocycles. The van der Waals surface area contributed by atoms with Gasteiger partial charge in [-0.2, -0.15) is 0 Å². The summed E-state index contributed by atoms with van der Waals surface area (Å²) in [6, 6.07) is 0. The van der Waals surface area contributed by atoms with Crippen molar-refractivity contribution in [3.05, 3.63) is 12.7 Å². The van der Waals surface area contributed by atoms with Crippen molar-refractivity contribution in [1.82, 2.24) is 0 Å². The number of carbonyl (C=O) groups is 2. The van der Waals surface area contributed by atoms with Gasteiger partial charge in [-0.25, -0.2) is 9.59 Å². The van der Waals surface area contributed by atoms with Crippen molar-refractivity contribution < 1.29 is 28.5 Å². The summed E-state index contributed by atoms with van der Waals surface area (Å²) in [5, 5.41) is 0. The van der Waals surface area contributed by atoms with Gasteiger partial charge in [-0.1, -0.05) is 6.58 Å². The molecule has 0 N–H and O–H groups in total. The molecule has 1 saturated heterocycles. The van der Waals surface area contributed by atoms with Gasteiger partial charge in [-0.3, -0.25) is 0 Å². The minimum atomic E-state index is -0.458. The first-order chi connectivity index (χ1) is 10.7. The van der Waals surface area contributed by atoms with Crippen LogP contribution >= 0.6 is 0 Å². The SMILES string of the molecule is C=CC(=O)OCCOCCOCCOC(=O)C[S+]1CCCC1. The minimum absolute atomic E-state index is 0.117. The molecule has 0 atom stereocenters. The van der Waals surface area contributed by atoms with Crippen LogP contribution in [-0.4, -0.2) is 68.8 Å². The molecule has 0 aromatic carbocycles. The van der Waals surface area contributed by atoms with E-state index in [-0.39, 0.29) is 30.1 Å². The molecule has 126 valence electrons. The number of hydrogen-bond acceptors (Lipinski definition) is 6. The fourth-order valence-corrected chi connectivity index (χ4v) is 4.00.